The normalized spacial score (nSPS) is 19.1. The molecule has 1 unspecified atom stereocenters. The summed E-state index contributed by atoms with van der Waals surface area (Å²) in [6, 6.07) is 5.20. The monoisotopic (exact) mass is 402 g/mol. The van der Waals surface area contributed by atoms with Gasteiger partial charge in [-0.2, -0.15) is 18.3 Å². The fraction of sp³-hybridized carbons (Fsp3) is 0.312. The number of aromatic nitrogens is 2. The molecule has 2 amide bonds. The number of H-pyrrole nitrogens is 1. The Hall–Kier alpha value is -2.75. The molecule has 11 heteroatoms. The van der Waals surface area contributed by atoms with Gasteiger partial charge in [-0.3, -0.25) is 15.2 Å². The largest absolute Gasteiger partial charge is 0.432 e. The maximum absolute atomic E-state index is 14.0. The van der Waals surface area contributed by atoms with E-state index in [2.05, 4.69) is 25.6 Å². The molecule has 1 aliphatic heterocycles. The van der Waals surface area contributed by atoms with Gasteiger partial charge in [-0.1, -0.05) is 11.6 Å². The molecule has 1 aliphatic rings. The van der Waals surface area contributed by atoms with Gasteiger partial charge < -0.3 is 10.1 Å². The third-order valence-corrected chi connectivity index (χ3v) is 4.29. The van der Waals surface area contributed by atoms with E-state index in [0.717, 1.165) is 6.07 Å². The number of anilines is 2. The van der Waals surface area contributed by atoms with Crippen molar-refractivity contribution >= 4 is 35.1 Å². The number of nitrogens with one attached hydrogen (secondary N) is 3. The number of carbonyl (C=O) groups excluding carboxylic acids is 2. The second kappa shape index (κ2) is 6.76. The highest BCUT2D eigenvalue weighted by Gasteiger charge is 2.62. The van der Waals surface area contributed by atoms with Gasteiger partial charge in [-0.25, -0.2) is 4.79 Å². The molecule has 27 heavy (non-hydrogen) atoms. The van der Waals surface area contributed by atoms with Crippen LogP contribution in [0.5, 0.6) is 0 Å². The maximum Gasteiger partial charge on any atom is 0.432 e. The van der Waals surface area contributed by atoms with Crippen molar-refractivity contribution in [2.75, 3.05) is 10.6 Å². The van der Waals surface area contributed by atoms with Crippen LogP contribution in [0.25, 0.3) is 0 Å². The molecule has 0 fully saturated rings. The van der Waals surface area contributed by atoms with Crippen molar-refractivity contribution in [2.45, 2.75) is 31.5 Å². The number of aromatic amines is 1. The van der Waals surface area contributed by atoms with Crippen LogP contribution in [-0.2, 0) is 15.1 Å². The molecule has 1 aromatic carbocycles. The first-order valence-corrected chi connectivity index (χ1v) is 8.17. The lowest BCUT2D eigenvalue weighted by Crippen LogP contribution is -2.50. The minimum absolute atomic E-state index is 0.0403. The van der Waals surface area contributed by atoms with Crippen molar-refractivity contribution in [3.63, 3.8) is 0 Å². The smallest absolute Gasteiger partial charge is 0.428 e. The van der Waals surface area contributed by atoms with E-state index in [4.69, 9.17) is 11.6 Å². The van der Waals surface area contributed by atoms with Crippen molar-refractivity contribution in [2.24, 2.45) is 0 Å². The van der Waals surface area contributed by atoms with Gasteiger partial charge in [0.2, 0.25) is 11.5 Å². The summed E-state index contributed by atoms with van der Waals surface area (Å²) >= 11 is 5.84. The Morgan fingerprint density at radius 1 is 1.37 bits per heavy atom. The van der Waals surface area contributed by atoms with Crippen LogP contribution in [0.1, 0.15) is 24.1 Å². The zero-order chi connectivity index (χ0) is 19.8. The SMILES string of the molecule is Cc1cc(NC(=O)CCC2(C(F)(F)F)OC(=O)Nc3ccc(Cl)cc32)n[nH]1. The summed E-state index contributed by atoms with van der Waals surface area (Å²) in [5, 5.41) is 11.0. The van der Waals surface area contributed by atoms with Gasteiger partial charge in [0.1, 0.15) is 0 Å². The lowest BCUT2D eigenvalue weighted by atomic mass is 9.85. The molecular weight excluding hydrogens is 389 g/mol. The Bertz CT molecular complexity index is 899. The number of aryl methyl sites for hydroxylation is 1. The van der Waals surface area contributed by atoms with Gasteiger partial charge in [0.25, 0.3) is 0 Å². The van der Waals surface area contributed by atoms with E-state index in [9.17, 15) is 22.8 Å². The van der Waals surface area contributed by atoms with Crippen molar-refractivity contribution in [1.29, 1.82) is 0 Å². The first-order valence-electron chi connectivity index (χ1n) is 7.79. The molecule has 0 saturated heterocycles. The summed E-state index contributed by atoms with van der Waals surface area (Å²) < 4.78 is 46.6. The van der Waals surface area contributed by atoms with Gasteiger partial charge in [-0.05, 0) is 25.1 Å². The third kappa shape index (κ3) is 3.70. The highest BCUT2D eigenvalue weighted by atomic mass is 35.5. The van der Waals surface area contributed by atoms with E-state index < -0.39 is 36.6 Å². The third-order valence-electron chi connectivity index (χ3n) is 4.06. The van der Waals surface area contributed by atoms with E-state index in [1.165, 1.54) is 18.2 Å². The highest BCUT2D eigenvalue weighted by molar-refractivity contribution is 6.30. The number of ether oxygens (including phenoxy) is 1. The minimum Gasteiger partial charge on any atom is -0.428 e. The summed E-state index contributed by atoms with van der Waals surface area (Å²) in [6.07, 6.45) is -7.60. The van der Waals surface area contributed by atoms with Crippen LogP contribution < -0.4 is 10.6 Å². The number of rotatable bonds is 4. The highest BCUT2D eigenvalue weighted by Crippen LogP contribution is 2.50. The van der Waals surface area contributed by atoms with Gasteiger partial charge in [0.05, 0.1) is 5.69 Å². The molecule has 7 nitrogen and oxygen atoms in total. The van der Waals surface area contributed by atoms with E-state index in [1.807, 2.05) is 0 Å². The molecule has 1 aromatic heterocycles. The molecule has 3 rings (SSSR count). The number of hydrogen-bond acceptors (Lipinski definition) is 4. The fourth-order valence-corrected chi connectivity index (χ4v) is 3.00. The molecule has 3 N–H and O–H groups in total. The average molecular weight is 403 g/mol. The van der Waals surface area contributed by atoms with Gasteiger partial charge in [0.15, 0.2) is 5.82 Å². The number of alkyl halides is 3. The topological polar surface area (TPSA) is 96.1 Å². The Labute approximate surface area is 156 Å². The van der Waals surface area contributed by atoms with Gasteiger partial charge >= 0.3 is 12.3 Å². The molecule has 0 saturated carbocycles. The second-order valence-electron chi connectivity index (χ2n) is 6.01. The van der Waals surface area contributed by atoms with Crippen molar-refractivity contribution in [3.05, 3.63) is 40.5 Å². The molecule has 0 bridgehead atoms. The zero-order valence-electron chi connectivity index (χ0n) is 13.9. The van der Waals surface area contributed by atoms with Crippen LogP contribution in [0.2, 0.25) is 5.02 Å². The Morgan fingerprint density at radius 3 is 2.74 bits per heavy atom. The number of hydrogen-bond donors (Lipinski definition) is 3. The van der Waals surface area contributed by atoms with Gasteiger partial charge in [-0.15, -0.1) is 0 Å². The minimum atomic E-state index is -4.96. The van der Waals surface area contributed by atoms with Crippen molar-refractivity contribution < 1.29 is 27.5 Å². The van der Waals surface area contributed by atoms with Gasteiger partial charge in [0, 0.05) is 35.2 Å². The molecule has 0 spiro atoms. The molecule has 2 heterocycles. The number of cyclic esters (lactones) is 1. The van der Waals surface area contributed by atoms with Crippen LogP contribution >= 0.6 is 11.6 Å². The summed E-state index contributed by atoms with van der Waals surface area (Å²) in [7, 11) is 0. The van der Waals surface area contributed by atoms with E-state index in [1.54, 1.807) is 6.92 Å². The fourth-order valence-electron chi connectivity index (χ4n) is 2.82. The number of nitrogens with zero attached hydrogens (tertiary/aromatic N) is 1. The number of amides is 2. The number of carbonyl (C=O) groups is 2. The quantitative estimate of drug-likeness (QED) is 0.717. The predicted molar refractivity (Wildman–Crippen MR) is 90.5 cm³/mol. The summed E-state index contributed by atoms with van der Waals surface area (Å²) in [5.41, 5.74) is -2.75. The molecule has 1 atom stereocenters. The van der Waals surface area contributed by atoms with E-state index >= 15 is 0 Å². The Balaban J connectivity index is 1.89. The van der Waals surface area contributed by atoms with Crippen LogP contribution in [0.15, 0.2) is 24.3 Å². The van der Waals surface area contributed by atoms with Crippen LogP contribution in [0.4, 0.5) is 29.5 Å². The summed E-state index contributed by atoms with van der Waals surface area (Å²) in [6.45, 7) is 1.70. The molecule has 0 radical (unpaired) electrons. The molecule has 144 valence electrons. The van der Waals surface area contributed by atoms with Crippen molar-refractivity contribution in [3.8, 4) is 0 Å². The lowest BCUT2D eigenvalue weighted by Gasteiger charge is -2.39. The van der Waals surface area contributed by atoms with Crippen LogP contribution in [0, 0.1) is 6.92 Å². The summed E-state index contributed by atoms with van der Waals surface area (Å²) in [5.74, 6) is -0.521. The number of fused-ring (bicyclic) bond motifs is 1. The van der Waals surface area contributed by atoms with E-state index in [-0.39, 0.29) is 22.1 Å². The lowest BCUT2D eigenvalue weighted by molar-refractivity contribution is -0.267. The average Bonchev–Trinajstić information content (AvgIpc) is 2.97. The zero-order valence-corrected chi connectivity index (χ0v) is 14.7. The predicted octanol–water partition coefficient (Wildman–Crippen LogP) is 4.11. The standard InChI is InChI=1S/C16H14ClF3N4O3/c1-8-6-12(24-23-8)22-13(25)4-5-15(16(18,19)20)10-7-9(17)2-3-11(10)21-14(26)27-15/h2-3,6-7H,4-5H2,1H3,(H,21,26)(H2,22,23,24,25). The Kier molecular flexibility index (Phi) is 4.77. The van der Waals surface area contributed by atoms with E-state index in [0.29, 0.717) is 5.69 Å². The van der Waals surface area contributed by atoms with Crippen LogP contribution in [-0.4, -0.2) is 28.4 Å². The Morgan fingerprint density at radius 2 is 2.11 bits per heavy atom. The molecule has 2 aromatic rings. The number of halogens is 4. The first kappa shape index (κ1) is 19.0. The van der Waals surface area contributed by atoms with Crippen LogP contribution in [0.3, 0.4) is 0 Å². The second-order valence-corrected chi connectivity index (χ2v) is 6.45. The molecular formula is C16H14ClF3N4O3. The number of benzene rings is 1. The van der Waals surface area contributed by atoms with Crippen molar-refractivity contribution in [1.82, 2.24) is 10.2 Å². The molecule has 0 aliphatic carbocycles. The summed E-state index contributed by atoms with van der Waals surface area (Å²) in [4.78, 5) is 23.8. The first-order chi connectivity index (χ1) is 12.6. The maximum atomic E-state index is 14.0.